The molecule has 1 rings (SSSR count). The predicted octanol–water partition coefficient (Wildman–Crippen LogP) is 5.89. The van der Waals surface area contributed by atoms with E-state index in [1.54, 1.807) is 0 Å². The third-order valence-electron chi connectivity index (χ3n) is 3.86. The third kappa shape index (κ3) is 11.4. The number of carbonyl (C=O) groups is 1. The Labute approximate surface area is 136 Å². The highest BCUT2D eigenvalue weighted by Crippen LogP contribution is 2.11. The largest absolute Gasteiger partial charge is 0.463 e. The molecule has 0 radical (unpaired) electrons. The van der Waals surface area contributed by atoms with Gasteiger partial charge in [-0.2, -0.15) is 0 Å². The minimum Gasteiger partial charge on any atom is -0.463 e. The van der Waals surface area contributed by atoms with Gasteiger partial charge in [-0.15, -0.1) is 0 Å². The van der Waals surface area contributed by atoms with Gasteiger partial charge in [-0.3, -0.25) is 4.79 Å². The van der Waals surface area contributed by atoms with E-state index in [0.717, 1.165) is 38.5 Å². The van der Waals surface area contributed by atoms with Gasteiger partial charge in [0.1, 0.15) is 0 Å². The molecule has 2 heteroatoms. The first-order chi connectivity index (χ1) is 10.8. The molecule has 0 saturated heterocycles. The highest BCUT2D eigenvalue weighted by molar-refractivity contribution is 5.69. The summed E-state index contributed by atoms with van der Waals surface area (Å²) in [4.78, 5) is 11.7. The number of esters is 1. The number of hydrogen-bond acceptors (Lipinski definition) is 2. The predicted molar refractivity (Wildman–Crippen MR) is 93.8 cm³/mol. The Kier molecular flexibility index (Phi) is 11.4. The van der Waals surface area contributed by atoms with Crippen molar-refractivity contribution >= 4 is 5.97 Å². The van der Waals surface area contributed by atoms with Crippen molar-refractivity contribution in [3.63, 3.8) is 0 Å². The van der Waals surface area contributed by atoms with Gasteiger partial charge in [0, 0.05) is 6.42 Å². The summed E-state index contributed by atoms with van der Waals surface area (Å²) in [5.41, 5.74) is 0. The molecule has 0 amide bonds. The minimum absolute atomic E-state index is 0.0414. The zero-order valence-corrected chi connectivity index (χ0v) is 14.1. The highest BCUT2D eigenvalue weighted by atomic mass is 16.5. The normalized spacial score (nSPS) is 28.2. The summed E-state index contributed by atoms with van der Waals surface area (Å²) in [6, 6.07) is 0. The lowest BCUT2D eigenvalue weighted by Gasteiger charge is -2.12. The monoisotopic (exact) mass is 304 g/mol. The van der Waals surface area contributed by atoms with Crippen molar-refractivity contribution in [1.82, 2.24) is 0 Å². The fourth-order valence-electron chi connectivity index (χ4n) is 2.53. The van der Waals surface area contributed by atoms with E-state index in [1.165, 1.54) is 25.7 Å². The first-order valence-electron chi connectivity index (χ1n) is 8.93. The zero-order chi connectivity index (χ0) is 15.9. The van der Waals surface area contributed by atoms with Gasteiger partial charge in [-0.25, -0.2) is 0 Å². The molecule has 0 fully saturated rings. The smallest absolute Gasteiger partial charge is 0.306 e. The van der Waals surface area contributed by atoms with Gasteiger partial charge >= 0.3 is 5.97 Å². The van der Waals surface area contributed by atoms with Crippen LogP contribution in [0.3, 0.4) is 0 Å². The van der Waals surface area contributed by atoms with Crippen LogP contribution in [0.1, 0.15) is 77.6 Å². The van der Waals surface area contributed by atoms with E-state index >= 15 is 0 Å². The first-order valence-corrected chi connectivity index (χ1v) is 8.93. The maximum atomic E-state index is 11.7. The summed E-state index contributed by atoms with van der Waals surface area (Å²) < 4.78 is 5.45. The fraction of sp³-hybridized carbons (Fsp3) is 0.650. The number of rotatable bonds is 0. The van der Waals surface area contributed by atoms with Crippen LogP contribution < -0.4 is 0 Å². The van der Waals surface area contributed by atoms with Crippen LogP contribution in [0.2, 0.25) is 0 Å². The summed E-state index contributed by atoms with van der Waals surface area (Å²) in [7, 11) is 0. The molecule has 0 aromatic heterocycles. The Morgan fingerprint density at radius 2 is 1.41 bits per heavy atom. The molecule has 0 N–H and O–H groups in total. The second-order valence-corrected chi connectivity index (χ2v) is 6.07. The van der Waals surface area contributed by atoms with E-state index in [0.29, 0.717) is 6.42 Å². The Bertz CT molecular complexity index is 366. The topological polar surface area (TPSA) is 26.3 Å². The molecule has 0 aromatic carbocycles. The summed E-state index contributed by atoms with van der Waals surface area (Å²) in [6.07, 6.45) is 24.9. The second kappa shape index (κ2) is 13.4. The summed E-state index contributed by atoms with van der Waals surface area (Å²) in [5, 5.41) is 0. The van der Waals surface area contributed by atoms with Crippen LogP contribution in [0.15, 0.2) is 36.5 Å². The Balaban J connectivity index is 2.34. The molecule has 22 heavy (non-hydrogen) atoms. The van der Waals surface area contributed by atoms with Crippen molar-refractivity contribution in [3.8, 4) is 0 Å². The van der Waals surface area contributed by atoms with Gasteiger partial charge in [0.05, 0.1) is 6.10 Å². The van der Waals surface area contributed by atoms with Crippen molar-refractivity contribution in [2.45, 2.75) is 83.7 Å². The minimum atomic E-state index is -0.0414. The van der Waals surface area contributed by atoms with Gasteiger partial charge in [-0.1, -0.05) is 49.3 Å². The quantitative estimate of drug-likeness (QED) is 0.412. The number of ether oxygens (including phenoxy) is 1. The molecule has 124 valence electrons. The SMILES string of the molecule is CC1CCCCCC/C=C\C/C=C\C/C=C\CCCC(=O)O1. The van der Waals surface area contributed by atoms with Crippen molar-refractivity contribution < 1.29 is 9.53 Å². The van der Waals surface area contributed by atoms with Crippen molar-refractivity contribution in [2.24, 2.45) is 0 Å². The van der Waals surface area contributed by atoms with Crippen molar-refractivity contribution in [2.75, 3.05) is 0 Å². The number of carbonyl (C=O) groups excluding carboxylic acids is 1. The maximum Gasteiger partial charge on any atom is 0.306 e. The van der Waals surface area contributed by atoms with Crippen LogP contribution in [0.5, 0.6) is 0 Å². The van der Waals surface area contributed by atoms with Crippen LogP contribution in [0.4, 0.5) is 0 Å². The van der Waals surface area contributed by atoms with Crippen LogP contribution in [-0.4, -0.2) is 12.1 Å². The third-order valence-corrected chi connectivity index (χ3v) is 3.86. The average molecular weight is 304 g/mol. The molecule has 1 atom stereocenters. The Hall–Kier alpha value is -1.31. The van der Waals surface area contributed by atoms with Crippen molar-refractivity contribution in [3.05, 3.63) is 36.5 Å². The van der Waals surface area contributed by atoms with Gasteiger partial charge in [0.2, 0.25) is 0 Å². The number of allylic oxidation sites excluding steroid dienone is 6. The van der Waals surface area contributed by atoms with Gasteiger partial charge < -0.3 is 4.74 Å². The lowest BCUT2D eigenvalue weighted by Crippen LogP contribution is -2.14. The van der Waals surface area contributed by atoms with Gasteiger partial charge in [0.15, 0.2) is 0 Å². The van der Waals surface area contributed by atoms with Crippen LogP contribution in [0, 0.1) is 0 Å². The molecular weight excluding hydrogens is 272 g/mol. The molecule has 0 spiro atoms. The Morgan fingerprint density at radius 1 is 0.818 bits per heavy atom. The van der Waals surface area contributed by atoms with E-state index in [4.69, 9.17) is 4.74 Å². The maximum absolute atomic E-state index is 11.7. The zero-order valence-electron chi connectivity index (χ0n) is 14.1. The molecular formula is C20H32O2. The van der Waals surface area contributed by atoms with E-state index in [2.05, 4.69) is 36.5 Å². The number of cyclic esters (lactones) is 1. The average Bonchev–Trinajstić information content (AvgIpc) is 2.49. The van der Waals surface area contributed by atoms with Crippen LogP contribution in [-0.2, 0) is 9.53 Å². The molecule has 1 unspecified atom stereocenters. The molecule has 0 aliphatic carbocycles. The molecule has 0 bridgehead atoms. The van der Waals surface area contributed by atoms with E-state index in [9.17, 15) is 4.79 Å². The van der Waals surface area contributed by atoms with E-state index in [1.807, 2.05) is 6.92 Å². The van der Waals surface area contributed by atoms with E-state index < -0.39 is 0 Å². The fourth-order valence-corrected chi connectivity index (χ4v) is 2.53. The molecule has 2 nitrogen and oxygen atoms in total. The highest BCUT2D eigenvalue weighted by Gasteiger charge is 2.08. The van der Waals surface area contributed by atoms with Crippen LogP contribution >= 0.6 is 0 Å². The second-order valence-electron chi connectivity index (χ2n) is 6.07. The lowest BCUT2D eigenvalue weighted by molar-refractivity contribution is -0.148. The molecule has 1 aliphatic heterocycles. The summed E-state index contributed by atoms with van der Waals surface area (Å²) in [6.45, 7) is 2.01. The van der Waals surface area contributed by atoms with Crippen LogP contribution in [0.25, 0.3) is 0 Å². The standard InChI is InChI=1S/C20H32O2/c1-19-17-15-13-11-9-7-5-3-2-4-6-8-10-12-14-16-18-20(21)22-19/h3-6,10,12,19H,2,7-9,11,13-18H2,1H3/b5-3-,6-4-,12-10-. The molecule has 0 aromatic rings. The number of hydrogen-bond donors (Lipinski definition) is 0. The lowest BCUT2D eigenvalue weighted by atomic mass is 10.1. The summed E-state index contributed by atoms with van der Waals surface area (Å²) in [5.74, 6) is -0.0414. The summed E-state index contributed by atoms with van der Waals surface area (Å²) >= 11 is 0. The van der Waals surface area contributed by atoms with Crippen molar-refractivity contribution in [1.29, 1.82) is 0 Å². The molecule has 1 aliphatic rings. The Morgan fingerprint density at radius 3 is 2.14 bits per heavy atom. The van der Waals surface area contributed by atoms with Gasteiger partial charge in [-0.05, 0) is 58.3 Å². The molecule has 0 saturated carbocycles. The van der Waals surface area contributed by atoms with E-state index in [-0.39, 0.29) is 12.1 Å². The van der Waals surface area contributed by atoms with Gasteiger partial charge in [0.25, 0.3) is 0 Å². The molecule has 1 heterocycles. The first kappa shape index (κ1) is 18.7.